The van der Waals surface area contributed by atoms with Gasteiger partial charge >= 0.3 is 0 Å². The molecule has 10 aromatic carbocycles. The molecule has 0 N–H and O–H groups in total. The number of rotatable bonds is 3. The van der Waals surface area contributed by atoms with Gasteiger partial charge in [-0.05, 0) is 122 Å². The molecular formula is C48H30. The van der Waals surface area contributed by atoms with Crippen molar-refractivity contribution in [2.45, 2.75) is 0 Å². The topological polar surface area (TPSA) is 0 Å². The maximum atomic E-state index is 2.42. The van der Waals surface area contributed by atoms with Gasteiger partial charge in [-0.3, -0.25) is 0 Å². The molecule has 0 heterocycles. The molecule has 0 heteroatoms. The van der Waals surface area contributed by atoms with Crippen LogP contribution in [0.5, 0.6) is 0 Å². The van der Waals surface area contributed by atoms with Crippen LogP contribution in [0.4, 0.5) is 0 Å². The third kappa shape index (κ3) is 4.16. The number of benzene rings is 10. The highest BCUT2D eigenvalue weighted by Crippen LogP contribution is 2.47. The van der Waals surface area contributed by atoms with Crippen LogP contribution in [0.3, 0.4) is 0 Å². The van der Waals surface area contributed by atoms with Crippen LogP contribution in [0.1, 0.15) is 0 Å². The van der Waals surface area contributed by atoms with E-state index in [0.717, 1.165) is 0 Å². The Morgan fingerprint density at radius 3 is 1.60 bits per heavy atom. The van der Waals surface area contributed by atoms with Crippen molar-refractivity contribution in [1.82, 2.24) is 0 Å². The maximum absolute atomic E-state index is 2.42. The molecule has 48 heavy (non-hydrogen) atoms. The third-order valence-electron chi connectivity index (χ3n) is 10.2. The van der Waals surface area contributed by atoms with Crippen molar-refractivity contribution in [3.05, 3.63) is 182 Å². The molecule has 10 rings (SSSR count). The second-order valence-corrected chi connectivity index (χ2v) is 12.9. The summed E-state index contributed by atoms with van der Waals surface area (Å²) in [7, 11) is 0. The summed E-state index contributed by atoms with van der Waals surface area (Å²) in [5.41, 5.74) is 7.52. The van der Waals surface area contributed by atoms with E-state index in [4.69, 9.17) is 0 Å². The molecule has 0 saturated carbocycles. The lowest BCUT2D eigenvalue weighted by molar-refractivity contribution is 1.64. The van der Waals surface area contributed by atoms with E-state index in [2.05, 4.69) is 182 Å². The lowest BCUT2D eigenvalue weighted by Crippen LogP contribution is -1.93. The molecule has 0 spiro atoms. The predicted octanol–water partition coefficient (Wildman–Crippen LogP) is 13.6. The first-order valence-electron chi connectivity index (χ1n) is 16.7. The molecule has 0 amide bonds. The number of fused-ring (bicyclic) bond motifs is 7. The third-order valence-corrected chi connectivity index (χ3v) is 10.2. The van der Waals surface area contributed by atoms with Gasteiger partial charge in [-0.1, -0.05) is 158 Å². The Bertz CT molecular complexity index is 2880. The van der Waals surface area contributed by atoms with Crippen LogP contribution < -0.4 is 0 Å². The molecule has 0 atom stereocenters. The zero-order valence-electron chi connectivity index (χ0n) is 26.3. The minimum Gasteiger partial charge on any atom is -0.0622 e. The Balaban J connectivity index is 1.34. The molecule has 0 aliphatic rings. The number of hydrogen-bond donors (Lipinski definition) is 0. The molecule has 0 fully saturated rings. The van der Waals surface area contributed by atoms with E-state index in [1.807, 2.05) is 0 Å². The Morgan fingerprint density at radius 2 is 0.792 bits per heavy atom. The first-order chi connectivity index (χ1) is 23.8. The zero-order chi connectivity index (χ0) is 31.6. The number of hydrogen-bond acceptors (Lipinski definition) is 0. The van der Waals surface area contributed by atoms with Crippen molar-refractivity contribution in [2.75, 3.05) is 0 Å². The van der Waals surface area contributed by atoms with Crippen LogP contribution in [0.25, 0.3) is 98.0 Å². The van der Waals surface area contributed by atoms with E-state index in [-0.39, 0.29) is 0 Å². The van der Waals surface area contributed by atoms with Crippen molar-refractivity contribution in [2.24, 2.45) is 0 Å². The molecule has 0 aliphatic carbocycles. The molecule has 0 nitrogen and oxygen atoms in total. The van der Waals surface area contributed by atoms with E-state index in [9.17, 15) is 0 Å². The van der Waals surface area contributed by atoms with Crippen molar-refractivity contribution in [3.63, 3.8) is 0 Å². The van der Waals surface area contributed by atoms with Crippen LogP contribution in [-0.2, 0) is 0 Å². The molecule has 0 saturated heterocycles. The summed E-state index contributed by atoms with van der Waals surface area (Å²) in [4.78, 5) is 0. The zero-order valence-corrected chi connectivity index (χ0v) is 26.3. The SMILES string of the molecule is c1ccc(-c2ccc3c(-c4ccc5ccccc5c4)c4ccccc4c(-c4cccc5c4ccc4cc6ccccc6cc45)c3c2)cc1. The normalized spacial score (nSPS) is 11.8. The van der Waals surface area contributed by atoms with Crippen molar-refractivity contribution in [3.8, 4) is 33.4 Å². The van der Waals surface area contributed by atoms with Gasteiger partial charge in [0.2, 0.25) is 0 Å². The van der Waals surface area contributed by atoms with Gasteiger partial charge in [0.05, 0.1) is 0 Å². The molecule has 0 aliphatic heterocycles. The second-order valence-electron chi connectivity index (χ2n) is 12.9. The lowest BCUT2D eigenvalue weighted by atomic mass is 9.83. The highest BCUT2D eigenvalue weighted by atomic mass is 14.2. The molecule has 222 valence electrons. The first kappa shape index (κ1) is 26.9. The fourth-order valence-corrected chi connectivity index (χ4v) is 7.93. The highest BCUT2D eigenvalue weighted by Gasteiger charge is 2.19. The van der Waals surface area contributed by atoms with Gasteiger partial charge in [0, 0.05) is 0 Å². The first-order valence-corrected chi connectivity index (χ1v) is 16.7. The van der Waals surface area contributed by atoms with Gasteiger partial charge < -0.3 is 0 Å². The smallest absolute Gasteiger partial charge is 0.00199 e. The van der Waals surface area contributed by atoms with Gasteiger partial charge in [0.1, 0.15) is 0 Å². The van der Waals surface area contributed by atoms with Crippen LogP contribution in [0.15, 0.2) is 182 Å². The Hall–Kier alpha value is -6.24. The summed E-state index contributed by atoms with van der Waals surface area (Å²) < 4.78 is 0. The summed E-state index contributed by atoms with van der Waals surface area (Å²) in [5.74, 6) is 0. The molecule has 10 aromatic rings. The van der Waals surface area contributed by atoms with E-state index < -0.39 is 0 Å². The summed E-state index contributed by atoms with van der Waals surface area (Å²) in [5, 5.41) is 15.2. The van der Waals surface area contributed by atoms with Gasteiger partial charge in [-0.15, -0.1) is 0 Å². The van der Waals surface area contributed by atoms with Gasteiger partial charge in [0.15, 0.2) is 0 Å². The molecule has 0 unspecified atom stereocenters. The van der Waals surface area contributed by atoms with Crippen molar-refractivity contribution in [1.29, 1.82) is 0 Å². The maximum Gasteiger partial charge on any atom is -0.00199 e. The van der Waals surface area contributed by atoms with E-state index in [1.54, 1.807) is 0 Å². The monoisotopic (exact) mass is 606 g/mol. The van der Waals surface area contributed by atoms with Crippen LogP contribution >= 0.6 is 0 Å². The Morgan fingerprint density at radius 1 is 0.208 bits per heavy atom. The fraction of sp³-hybridized carbons (Fsp3) is 0. The molecular weight excluding hydrogens is 577 g/mol. The second kappa shape index (κ2) is 10.7. The van der Waals surface area contributed by atoms with Gasteiger partial charge in [-0.25, -0.2) is 0 Å². The van der Waals surface area contributed by atoms with Crippen LogP contribution in [0, 0.1) is 0 Å². The van der Waals surface area contributed by atoms with Crippen molar-refractivity contribution >= 4 is 64.6 Å². The van der Waals surface area contributed by atoms with E-state index >= 15 is 0 Å². The largest absolute Gasteiger partial charge is 0.0622 e. The summed E-state index contributed by atoms with van der Waals surface area (Å²) in [6, 6.07) is 67.2. The highest BCUT2D eigenvalue weighted by molar-refractivity contribution is 6.26. The minimum atomic E-state index is 1.22. The summed E-state index contributed by atoms with van der Waals surface area (Å²) in [6.45, 7) is 0. The summed E-state index contributed by atoms with van der Waals surface area (Å²) >= 11 is 0. The van der Waals surface area contributed by atoms with Gasteiger partial charge in [0.25, 0.3) is 0 Å². The molecule has 0 aromatic heterocycles. The Kier molecular flexibility index (Phi) is 5.98. The van der Waals surface area contributed by atoms with Crippen molar-refractivity contribution < 1.29 is 0 Å². The summed E-state index contributed by atoms with van der Waals surface area (Å²) in [6.07, 6.45) is 0. The fourth-order valence-electron chi connectivity index (χ4n) is 7.93. The van der Waals surface area contributed by atoms with Crippen LogP contribution in [0.2, 0.25) is 0 Å². The predicted molar refractivity (Wildman–Crippen MR) is 208 cm³/mol. The Labute approximate surface area is 279 Å². The average molecular weight is 607 g/mol. The average Bonchev–Trinajstić information content (AvgIpc) is 3.16. The van der Waals surface area contributed by atoms with E-state index in [1.165, 1.54) is 98.0 Å². The molecule has 0 bridgehead atoms. The van der Waals surface area contributed by atoms with Gasteiger partial charge in [-0.2, -0.15) is 0 Å². The lowest BCUT2D eigenvalue weighted by Gasteiger charge is -2.20. The standard InChI is InChI=1S/C48H30/c1-2-11-31(12-3-1)36-23-26-44-46(30-36)48(43-18-9-8-17-42(43)47(44)38-22-21-32-13-4-5-14-33(32)28-38)41-20-10-19-39-40(41)25-24-37-27-34-15-6-7-16-35(34)29-45(37)39/h1-30H. The van der Waals surface area contributed by atoms with E-state index in [0.29, 0.717) is 0 Å². The minimum absolute atomic E-state index is 1.22. The quantitative estimate of drug-likeness (QED) is 0.139. The van der Waals surface area contributed by atoms with Crippen LogP contribution in [-0.4, -0.2) is 0 Å². The molecule has 0 radical (unpaired) electrons.